The third-order valence-corrected chi connectivity index (χ3v) is 3.25. The Kier molecular flexibility index (Phi) is 7.70. The van der Waals surface area contributed by atoms with Crippen LogP contribution >= 0.6 is 0 Å². The van der Waals surface area contributed by atoms with Crippen LogP contribution in [0.15, 0.2) is 30.3 Å². The maximum Gasteiger partial charge on any atom is 0.0697 e. The molecule has 18 heavy (non-hydrogen) atoms. The number of aryl methyl sites for hydroxylation is 1. The van der Waals surface area contributed by atoms with E-state index in [9.17, 15) is 0 Å². The van der Waals surface area contributed by atoms with Crippen LogP contribution in [0.5, 0.6) is 0 Å². The van der Waals surface area contributed by atoms with Crippen molar-refractivity contribution in [3.8, 4) is 0 Å². The van der Waals surface area contributed by atoms with E-state index in [2.05, 4.69) is 56.4 Å². The van der Waals surface area contributed by atoms with Crippen molar-refractivity contribution < 1.29 is 4.74 Å². The molecule has 2 atom stereocenters. The Morgan fingerprint density at radius 3 is 2.56 bits per heavy atom. The van der Waals surface area contributed by atoms with Crippen LogP contribution in [0.3, 0.4) is 0 Å². The first-order valence-corrected chi connectivity index (χ1v) is 7.13. The average molecular weight is 249 g/mol. The summed E-state index contributed by atoms with van der Waals surface area (Å²) in [5.41, 5.74) is 1.39. The molecule has 102 valence electrons. The second kappa shape index (κ2) is 9.12. The molecule has 0 radical (unpaired) electrons. The van der Waals surface area contributed by atoms with Gasteiger partial charge in [0.1, 0.15) is 0 Å². The van der Waals surface area contributed by atoms with E-state index in [0.29, 0.717) is 6.04 Å². The predicted molar refractivity (Wildman–Crippen MR) is 77.9 cm³/mol. The van der Waals surface area contributed by atoms with E-state index < -0.39 is 0 Å². The largest absolute Gasteiger partial charge is 0.377 e. The monoisotopic (exact) mass is 249 g/mol. The van der Waals surface area contributed by atoms with Crippen molar-refractivity contribution >= 4 is 0 Å². The molecule has 1 rings (SSSR count). The summed E-state index contributed by atoms with van der Waals surface area (Å²) in [6, 6.07) is 11.0. The van der Waals surface area contributed by atoms with Crippen molar-refractivity contribution in [1.29, 1.82) is 0 Å². The van der Waals surface area contributed by atoms with E-state index in [1.807, 2.05) is 0 Å². The molecule has 2 heteroatoms. The highest BCUT2D eigenvalue weighted by atomic mass is 16.5. The Hall–Kier alpha value is -0.860. The van der Waals surface area contributed by atoms with Crippen molar-refractivity contribution in [2.45, 2.75) is 52.2 Å². The van der Waals surface area contributed by atoms with Crippen LogP contribution in [0.1, 0.15) is 39.2 Å². The molecule has 0 amide bonds. The summed E-state index contributed by atoms with van der Waals surface area (Å²) in [6.45, 7) is 8.44. The topological polar surface area (TPSA) is 21.3 Å². The lowest BCUT2D eigenvalue weighted by Gasteiger charge is -2.21. The van der Waals surface area contributed by atoms with Crippen LogP contribution < -0.4 is 5.32 Å². The highest BCUT2D eigenvalue weighted by molar-refractivity contribution is 5.14. The van der Waals surface area contributed by atoms with E-state index in [-0.39, 0.29) is 6.10 Å². The first-order chi connectivity index (χ1) is 8.74. The molecule has 1 aromatic rings. The Bertz CT molecular complexity index is 299. The lowest BCUT2D eigenvalue weighted by atomic mass is 10.1. The number of benzene rings is 1. The van der Waals surface area contributed by atoms with Crippen molar-refractivity contribution in [2.75, 3.05) is 13.2 Å². The molecule has 1 aromatic carbocycles. The summed E-state index contributed by atoms with van der Waals surface area (Å²) in [7, 11) is 0. The summed E-state index contributed by atoms with van der Waals surface area (Å²) in [5, 5.41) is 3.47. The minimum atomic E-state index is 0.285. The fourth-order valence-corrected chi connectivity index (χ4v) is 1.87. The fourth-order valence-electron chi connectivity index (χ4n) is 1.87. The van der Waals surface area contributed by atoms with Crippen LogP contribution in [0.2, 0.25) is 0 Å². The number of hydrogen-bond acceptors (Lipinski definition) is 2. The summed E-state index contributed by atoms with van der Waals surface area (Å²) in [5.74, 6) is 0. The van der Waals surface area contributed by atoms with E-state index in [0.717, 1.165) is 26.0 Å². The summed E-state index contributed by atoms with van der Waals surface area (Å²) in [4.78, 5) is 0. The van der Waals surface area contributed by atoms with Gasteiger partial charge in [0.15, 0.2) is 0 Å². The smallest absolute Gasteiger partial charge is 0.0697 e. The first kappa shape index (κ1) is 15.2. The number of hydrogen-bond donors (Lipinski definition) is 1. The zero-order valence-electron chi connectivity index (χ0n) is 12.0. The molecule has 0 bridgehead atoms. The molecule has 0 spiro atoms. The normalized spacial score (nSPS) is 14.4. The molecular formula is C16H27NO. The lowest BCUT2D eigenvalue weighted by molar-refractivity contribution is 0.0421. The van der Waals surface area contributed by atoms with Gasteiger partial charge in [-0.1, -0.05) is 37.3 Å². The number of rotatable bonds is 9. The Morgan fingerprint density at radius 2 is 1.89 bits per heavy atom. The highest BCUT2D eigenvalue weighted by Gasteiger charge is 2.10. The van der Waals surface area contributed by atoms with E-state index >= 15 is 0 Å². The molecule has 2 unspecified atom stereocenters. The van der Waals surface area contributed by atoms with Crippen LogP contribution in [-0.4, -0.2) is 25.3 Å². The molecular weight excluding hydrogens is 222 g/mol. The molecule has 0 aliphatic carbocycles. The van der Waals surface area contributed by atoms with Crippen molar-refractivity contribution in [2.24, 2.45) is 0 Å². The standard InChI is InChI=1S/C16H27NO/c1-4-12-17-14(2)15(3)18-13-8-11-16-9-6-5-7-10-16/h5-7,9-10,14-15,17H,4,8,11-13H2,1-3H3. The quantitative estimate of drug-likeness (QED) is 0.677. The van der Waals surface area contributed by atoms with Gasteiger partial charge in [-0.25, -0.2) is 0 Å². The number of nitrogens with one attached hydrogen (secondary N) is 1. The summed E-state index contributed by atoms with van der Waals surface area (Å²) >= 11 is 0. The van der Waals surface area contributed by atoms with Crippen molar-refractivity contribution in [1.82, 2.24) is 5.32 Å². The average Bonchev–Trinajstić information content (AvgIpc) is 2.41. The second-order valence-corrected chi connectivity index (χ2v) is 4.91. The summed E-state index contributed by atoms with van der Waals surface area (Å²) < 4.78 is 5.86. The van der Waals surface area contributed by atoms with Crippen molar-refractivity contribution in [3.05, 3.63) is 35.9 Å². The minimum Gasteiger partial charge on any atom is -0.377 e. The van der Waals surface area contributed by atoms with Gasteiger partial charge in [0.05, 0.1) is 6.10 Å². The Balaban J connectivity index is 2.10. The maximum absolute atomic E-state index is 5.86. The van der Waals surface area contributed by atoms with Crippen LogP contribution in [0.4, 0.5) is 0 Å². The maximum atomic E-state index is 5.86. The Labute approximate surface area is 112 Å². The van der Waals surface area contributed by atoms with Gasteiger partial charge in [-0.2, -0.15) is 0 Å². The second-order valence-electron chi connectivity index (χ2n) is 4.91. The fraction of sp³-hybridized carbons (Fsp3) is 0.625. The van der Waals surface area contributed by atoms with Gasteiger partial charge in [-0.05, 0) is 45.2 Å². The van der Waals surface area contributed by atoms with E-state index in [1.54, 1.807) is 0 Å². The Morgan fingerprint density at radius 1 is 1.17 bits per heavy atom. The van der Waals surface area contributed by atoms with E-state index in [1.165, 1.54) is 12.0 Å². The number of ether oxygens (including phenoxy) is 1. The van der Waals surface area contributed by atoms with Gasteiger partial charge in [0.25, 0.3) is 0 Å². The van der Waals surface area contributed by atoms with Gasteiger partial charge in [0.2, 0.25) is 0 Å². The lowest BCUT2D eigenvalue weighted by Crippen LogP contribution is -2.37. The van der Waals surface area contributed by atoms with Gasteiger partial charge in [-0.3, -0.25) is 0 Å². The first-order valence-electron chi connectivity index (χ1n) is 7.13. The van der Waals surface area contributed by atoms with Crippen LogP contribution in [0, 0.1) is 0 Å². The van der Waals surface area contributed by atoms with Gasteiger partial charge < -0.3 is 10.1 Å². The molecule has 0 aliphatic rings. The third kappa shape index (κ3) is 6.18. The predicted octanol–water partition coefficient (Wildman–Crippen LogP) is 3.41. The molecule has 0 aromatic heterocycles. The summed E-state index contributed by atoms with van der Waals surface area (Å²) in [6.07, 6.45) is 3.65. The molecule has 0 fully saturated rings. The van der Waals surface area contributed by atoms with Gasteiger partial charge >= 0.3 is 0 Å². The SMILES string of the molecule is CCCNC(C)C(C)OCCCc1ccccc1. The van der Waals surface area contributed by atoms with Gasteiger partial charge in [0, 0.05) is 12.6 Å². The molecule has 0 aliphatic heterocycles. The molecule has 2 nitrogen and oxygen atoms in total. The molecule has 0 saturated heterocycles. The highest BCUT2D eigenvalue weighted by Crippen LogP contribution is 2.04. The van der Waals surface area contributed by atoms with Crippen molar-refractivity contribution in [3.63, 3.8) is 0 Å². The molecule has 1 N–H and O–H groups in total. The molecule has 0 saturated carbocycles. The zero-order chi connectivity index (χ0) is 13.2. The van der Waals surface area contributed by atoms with E-state index in [4.69, 9.17) is 4.74 Å². The molecule has 0 heterocycles. The third-order valence-electron chi connectivity index (χ3n) is 3.25. The minimum absolute atomic E-state index is 0.285. The van der Waals surface area contributed by atoms with Gasteiger partial charge in [-0.15, -0.1) is 0 Å². The van der Waals surface area contributed by atoms with Crippen LogP contribution in [-0.2, 0) is 11.2 Å². The zero-order valence-corrected chi connectivity index (χ0v) is 12.0. The van der Waals surface area contributed by atoms with Crippen LogP contribution in [0.25, 0.3) is 0 Å².